The smallest absolute Gasteiger partial charge is 0.338 e. The number of carbonyl (C=O) groups is 1. The second-order valence-corrected chi connectivity index (χ2v) is 8.74. The number of rotatable bonds is 8. The number of benzene rings is 2. The molecular weight excluding hydrogens is 428 g/mol. The van der Waals surface area contributed by atoms with Crippen molar-refractivity contribution >= 4 is 31.7 Å². The molecule has 0 radical (unpaired) electrons. The van der Waals surface area contributed by atoms with Crippen molar-refractivity contribution < 1.29 is 40.9 Å². The van der Waals surface area contributed by atoms with E-state index in [0.717, 1.165) is 24.3 Å². The first kappa shape index (κ1) is 22.3. The van der Waals surface area contributed by atoms with Gasteiger partial charge in [-0.1, -0.05) is 6.07 Å². The standard InChI is InChI=1S/C16H18N2O9S2/c1-25-12-8-11(16(19)20)13(15(27-3)14(12)26-2)18-29(23,24)10-6-4-5-9(7-10)28(17,21)22/h4-8,18H,1-3H3,(H,19,20)(H2,17,21,22). The van der Waals surface area contributed by atoms with Crippen molar-refractivity contribution in [1.82, 2.24) is 0 Å². The van der Waals surface area contributed by atoms with Crippen molar-refractivity contribution in [2.75, 3.05) is 26.1 Å². The summed E-state index contributed by atoms with van der Waals surface area (Å²) in [5, 5.41) is 14.5. The maximum atomic E-state index is 12.8. The van der Waals surface area contributed by atoms with Gasteiger partial charge in [-0.15, -0.1) is 0 Å². The predicted octanol–water partition coefficient (Wildman–Crippen LogP) is 0.859. The van der Waals surface area contributed by atoms with Crippen LogP contribution in [-0.2, 0) is 20.0 Å². The Bertz CT molecular complexity index is 1160. The minimum atomic E-state index is -4.44. The number of hydrogen-bond donors (Lipinski definition) is 3. The zero-order chi connectivity index (χ0) is 22.0. The van der Waals surface area contributed by atoms with Gasteiger partial charge in [-0.3, -0.25) is 4.72 Å². The molecule has 0 spiro atoms. The number of carboxylic acid groups (broad SMARTS) is 1. The lowest BCUT2D eigenvalue weighted by Crippen LogP contribution is -2.18. The van der Waals surface area contributed by atoms with Gasteiger partial charge in [-0.2, -0.15) is 0 Å². The first-order valence-corrected chi connectivity index (χ1v) is 10.7. The highest BCUT2D eigenvalue weighted by Gasteiger charge is 2.28. The van der Waals surface area contributed by atoms with E-state index >= 15 is 0 Å². The number of hydrogen-bond acceptors (Lipinski definition) is 8. The third kappa shape index (κ3) is 4.52. The lowest BCUT2D eigenvalue weighted by atomic mass is 10.1. The van der Waals surface area contributed by atoms with Crippen LogP contribution >= 0.6 is 0 Å². The van der Waals surface area contributed by atoms with Crippen LogP contribution < -0.4 is 24.1 Å². The normalized spacial score (nSPS) is 11.6. The Hall–Kier alpha value is -3.03. The van der Waals surface area contributed by atoms with Crippen LogP contribution in [-0.4, -0.2) is 49.2 Å². The highest BCUT2D eigenvalue weighted by molar-refractivity contribution is 7.93. The summed E-state index contributed by atoms with van der Waals surface area (Å²) >= 11 is 0. The van der Waals surface area contributed by atoms with Crippen LogP contribution in [0.15, 0.2) is 40.1 Å². The Morgan fingerprint density at radius 1 is 0.966 bits per heavy atom. The molecule has 4 N–H and O–H groups in total. The summed E-state index contributed by atoms with van der Waals surface area (Å²) < 4.78 is 66.1. The minimum absolute atomic E-state index is 0.000852. The fraction of sp³-hybridized carbons (Fsp3) is 0.188. The highest BCUT2D eigenvalue weighted by atomic mass is 32.2. The van der Waals surface area contributed by atoms with E-state index in [1.807, 2.05) is 0 Å². The summed E-state index contributed by atoms with van der Waals surface area (Å²) in [5.41, 5.74) is -0.913. The first-order chi connectivity index (χ1) is 13.5. The summed E-state index contributed by atoms with van der Waals surface area (Å²) in [6.07, 6.45) is 0. The average molecular weight is 446 g/mol. The lowest BCUT2D eigenvalue weighted by Gasteiger charge is -2.19. The molecule has 0 atom stereocenters. The van der Waals surface area contributed by atoms with Crippen LogP contribution in [0.5, 0.6) is 17.2 Å². The van der Waals surface area contributed by atoms with Crippen molar-refractivity contribution in [3.8, 4) is 17.2 Å². The van der Waals surface area contributed by atoms with Crippen molar-refractivity contribution in [2.24, 2.45) is 5.14 Å². The lowest BCUT2D eigenvalue weighted by molar-refractivity contribution is 0.0697. The molecule has 0 saturated carbocycles. The molecule has 13 heteroatoms. The van der Waals surface area contributed by atoms with E-state index in [0.29, 0.717) is 0 Å². The molecule has 0 fully saturated rings. The van der Waals surface area contributed by atoms with Crippen molar-refractivity contribution in [3.63, 3.8) is 0 Å². The van der Waals surface area contributed by atoms with Crippen LogP contribution in [0.2, 0.25) is 0 Å². The minimum Gasteiger partial charge on any atom is -0.493 e. The summed E-state index contributed by atoms with van der Waals surface area (Å²) in [4.78, 5) is 10.8. The zero-order valence-electron chi connectivity index (χ0n) is 15.5. The quantitative estimate of drug-likeness (QED) is 0.532. The summed E-state index contributed by atoms with van der Waals surface area (Å²) in [5.74, 6) is -1.76. The van der Waals surface area contributed by atoms with Gasteiger partial charge in [0.25, 0.3) is 10.0 Å². The maximum Gasteiger partial charge on any atom is 0.338 e. The van der Waals surface area contributed by atoms with Gasteiger partial charge in [0.2, 0.25) is 15.8 Å². The molecule has 0 saturated heterocycles. The molecular formula is C16H18N2O9S2. The first-order valence-electron chi connectivity index (χ1n) is 7.68. The number of nitrogens with one attached hydrogen (secondary N) is 1. The Morgan fingerprint density at radius 3 is 2.03 bits per heavy atom. The Labute approximate surface area is 167 Å². The van der Waals surface area contributed by atoms with Crippen LogP contribution in [0, 0.1) is 0 Å². The van der Waals surface area contributed by atoms with Crippen molar-refractivity contribution in [1.29, 1.82) is 0 Å². The summed E-state index contributed by atoms with van der Waals surface area (Å²) in [6, 6.07) is 5.31. The number of anilines is 1. The Kier molecular flexibility index (Phi) is 6.25. The summed E-state index contributed by atoms with van der Waals surface area (Å²) in [6.45, 7) is 0. The molecule has 29 heavy (non-hydrogen) atoms. The molecule has 0 aliphatic carbocycles. The number of sulfonamides is 2. The Balaban J connectivity index is 2.71. The topological polar surface area (TPSA) is 171 Å². The maximum absolute atomic E-state index is 12.8. The third-order valence-corrected chi connectivity index (χ3v) is 6.00. The molecule has 0 amide bonds. The number of primary sulfonamides is 1. The van der Waals surface area contributed by atoms with E-state index in [-0.39, 0.29) is 17.2 Å². The van der Waals surface area contributed by atoms with Crippen molar-refractivity contribution in [2.45, 2.75) is 9.79 Å². The van der Waals surface area contributed by atoms with E-state index in [1.165, 1.54) is 27.4 Å². The van der Waals surface area contributed by atoms with Gasteiger partial charge in [0, 0.05) is 6.07 Å². The van der Waals surface area contributed by atoms with Crippen LogP contribution in [0.4, 0.5) is 5.69 Å². The predicted molar refractivity (Wildman–Crippen MR) is 102 cm³/mol. The number of carboxylic acids is 1. The second-order valence-electron chi connectivity index (χ2n) is 5.50. The third-order valence-electron chi connectivity index (χ3n) is 3.74. The molecule has 2 aromatic carbocycles. The summed E-state index contributed by atoms with van der Waals surface area (Å²) in [7, 11) is -4.89. The van der Waals surface area contributed by atoms with E-state index in [2.05, 4.69) is 4.72 Å². The highest BCUT2D eigenvalue weighted by Crippen LogP contribution is 2.45. The van der Waals surface area contributed by atoms with Crippen LogP contribution in [0.1, 0.15) is 10.4 Å². The average Bonchev–Trinajstić information content (AvgIpc) is 2.66. The van der Waals surface area contributed by atoms with Gasteiger partial charge >= 0.3 is 5.97 Å². The molecule has 0 heterocycles. The largest absolute Gasteiger partial charge is 0.493 e. The molecule has 0 aromatic heterocycles. The molecule has 0 unspecified atom stereocenters. The van der Waals surface area contributed by atoms with Gasteiger partial charge in [0.05, 0.1) is 36.7 Å². The SMILES string of the molecule is COc1cc(C(=O)O)c(NS(=O)(=O)c2cccc(S(N)(=O)=O)c2)c(OC)c1OC. The van der Waals surface area contributed by atoms with Gasteiger partial charge in [0.1, 0.15) is 5.69 Å². The second kappa shape index (κ2) is 8.14. The van der Waals surface area contributed by atoms with Crippen molar-refractivity contribution in [3.05, 3.63) is 35.9 Å². The Morgan fingerprint density at radius 2 is 1.55 bits per heavy atom. The molecule has 11 nitrogen and oxygen atoms in total. The van der Waals surface area contributed by atoms with E-state index < -0.39 is 47.1 Å². The van der Waals surface area contributed by atoms with Gasteiger partial charge in [0.15, 0.2) is 11.5 Å². The van der Waals surface area contributed by atoms with E-state index in [1.54, 1.807) is 0 Å². The molecule has 0 aliphatic rings. The number of aromatic carboxylic acids is 1. The van der Waals surface area contributed by atoms with Gasteiger partial charge in [-0.25, -0.2) is 26.8 Å². The molecule has 2 aromatic rings. The van der Waals surface area contributed by atoms with Crippen LogP contribution in [0.25, 0.3) is 0 Å². The van der Waals surface area contributed by atoms with E-state index in [4.69, 9.17) is 19.3 Å². The van der Waals surface area contributed by atoms with Crippen LogP contribution in [0.3, 0.4) is 0 Å². The van der Waals surface area contributed by atoms with Gasteiger partial charge in [-0.05, 0) is 18.2 Å². The monoisotopic (exact) mass is 446 g/mol. The number of nitrogens with two attached hydrogens (primary N) is 1. The molecule has 0 bridgehead atoms. The fourth-order valence-corrected chi connectivity index (χ4v) is 4.20. The molecule has 2 rings (SSSR count). The van der Waals surface area contributed by atoms with Gasteiger partial charge < -0.3 is 19.3 Å². The zero-order valence-corrected chi connectivity index (χ0v) is 17.1. The van der Waals surface area contributed by atoms with E-state index in [9.17, 15) is 26.7 Å². The fourth-order valence-electron chi connectivity index (χ4n) is 2.44. The molecule has 0 aliphatic heterocycles. The molecule has 158 valence electrons. The number of ether oxygens (including phenoxy) is 3. The number of methoxy groups -OCH3 is 3.